The lowest BCUT2D eigenvalue weighted by Gasteiger charge is -2.24. The minimum atomic E-state index is -0.285. The lowest BCUT2D eigenvalue weighted by Crippen LogP contribution is -2.31. The Morgan fingerprint density at radius 2 is 1.90 bits per heavy atom. The minimum absolute atomic E-state index is 0.249. The van der Waals surface area contributed by atoms with Crippen LogP contribution in [0.25, 0.3) is 11.1 Å². The van der Waals surface area contributed by atoms with Crippen molar-refractivity contribution in [2.24, 2.45) is 5.92 Å². The van der Waals surface area contributed by atoms with Gasteiger partial charge < -0.3 is 16.0 Å². The van der Waals surface area contributed by atoms with Crippen molar-refractivity contribution in [1.82, 2.24) is 20.3 Å². The second-order valence-electron chi connectivity index (χ2n) is 7.22. The van der Waals surface area contributed by atoms with Gasteiger partial charge in [-0.15, -0.1) is 0 Å². The molecule has 0 bridgehead atoms. The monoisotopic (exact) mass is 403 g/mol. The van der Waals surface area contributed by atoms with Crippen molar-refractivity contribution in [2.75, 3.05) is 30.3 Å². The van der Waals surface area contributed by atoms with Crippen molar-refractivity contribution in [3.05, 3.63) is 60.4 Å². The molecule has 0 aliphatic carbocycles. The topological polar surface area (TPSA) is 98.5 Å². The lowest BCUT2D eigenvalue weighted by atomic mass is 9.97. The molecule has 0 amide bonds. The first-order valence-corrected chi connectivity index (χ1v) is 9.91. The summed E-state index contributed by atoms with van der Waals surface area (Å²) in [5.41, 5.74) is 2.72. The Balaban J connectivity index is 1.59. The van der Waals surface area contributed by atoms with E-state index in [1.807, 2.05) is 18.2 Å². The highest BCUT2D eigenvalue weighted by Gasteiger charge is 2.15. The summed E-state index contributed by atoms with van der Waals surface area (Å²) in [5, 5.41) is 18.9. The third-order valence-corrected chi connectivity index (χ3v) is 5.10. The summed E-state index contributed by atoms with van der Waals surface area (Å²) in [6.07, 6.45) is 6.86. The fraction of sp³-hybridized carbons (Fsp3) is 0.273. The Morgan fingerprint density at radius 3 is 2.63 bits per heavy atom. The summed E-state index contributed by atoms with van der Waals surface area (Å²) in [6.45, 7) is 2.90. The van der Waals surface area contributed by atoms with E-state index in [0.717, 1.165) is 49.3 Å². The Bertz CT molecular complexity index is 1040. The van der Waals surface area contributed by atoms with Crippen LogP contribution in [0.1, 0.15) is 18.5 Å². The maximum atomic E-state index is 13.8. The summed E-state index contributed by atoms with van der Waals surface area (Å²) in [6, 6.07) is 10.3. The average Bonchev–Trinajstić information content (AvgIpc) is 2.79. The molecule has 7 nitrogen and oxygen atoms in total. The Morgan fingerprint density at radius 1 is 1.07 bits per heavy atom. The van der Waals surface area contributed by atoms with Crippen molar-refractivity contribution >= 4 is 17.3 Å². The van der Waals surface area contributed by atoms with E-state index in [0.29, 0.717) is 17.6 Å². The number of rotatable bonds is 6. The number of halogens is 1. The Hall–Kier alpha value is -3.57. The molecule has 3 heterocycles. The number of nitrogens with zero attached hydrogens (tertiary/aromatic N) is 4. The number of pyridine rings is 1. The maximum Gasteiger partial charge on any atom is 0.158 e. The van der Waals surface area contributed by atoms with Gasteiger partial charge in [0.2, 0.25) is 0 Å². The number of aromatic nitrogens is 3. The van der Waals surface area contributed by atoms with E-state index in [9.17, 15) is 4.39 Å². The SMILES string of the molecule is N#Cc1cnc(Nc2cc(NCC3CCNCC3)c(-c3cccc(F)c3)cn2)cn1. The zero-order valence-corrected chi connectivity index (χ0v) is 16.4. The van der Waals surface area contributed by atoms with E-state index >= 15 is 0 Å². The van der Waals surface area contributed by atoms with E-state index in [4.69, 9.17) is 5.26 Å². The highest BCUT2D eigenvalue weighted by Crippen LogP contribution is 2.31. The molecule has 3 N–H and O–H groups in total. The fourth-order valence-electron chi connectivity index (χ4n) is 3.48. The van der Waals surface area contributed by atoms with Gasteiger partial charge in [0.05, 0.1) is 12.4 Å². The van der Waals surface area contributed by atoms with Gasteiger partial charge in [-0.05, 0) is 49.5 Å². The van der Waals surface area contributed by atoms with Crippen LogP contribution in [0.2, 0.25) is 0 Å². The Kier molecular flexibility index (Phi) is 6.11. The molecule has 0 saturated carbocycles. The van der Waals surface area contributed by atoms with Gasteiger partial charge in [0.25, 0.3) is 0 Å². The zero-order valence-electron chi connectivity index (χ0n) is 16.4. The van der Waals surface area contributed by atoms with Crippen LogP contribution in [0.4, 0.5) is 21.7 Å². The van der Waals surface area contributed by atoms with Crippen molar-refractivity contribution in [3.63, 3.8) is 0 Å². The standard InChI is InChI=1S/C22H22FN7/c23-17-3-1-2-16(8-17)19-13-29-21(30-22-14-26-18(10-24)12-28-22)9-20(19)27-11-15-4-6-25-7-5-15/h1-3,8-9,12-15,25H,4-7,11H2,(H2,27,28,29,30). The first kappa shape index (κ1) is 19.7. The van der Waals surface area contributed by atoms with Gasteiger partial charge in [0.15, 0.2) is 5.69 Å². The van der Waals surface area contributed by atoms with Crippen molar-refractivity contribution in [2.45, 2.75) is 12.8 Å². The van der Waals surface area contributed by atoms with E-state index in [-0.39, 0.29) is 11.5 Å². The first-order valence-electron chi connectivity index (χ1n) is 9.91. The second-order valence-corrected chi connectivity index (χ2v) is 7.22. The summed E-state index contributed by atoms with van der Waals surface area (Å²) >= 11 is 0. The van der Waals surface area contributed by atoms with Crippen LogP contribution < -0.4 is 16.0 Å². The quantitative estimate of drug-likeness (QED) is 0.577. The molecule has 4 rings (SSSR count). The molecule has 0 unspecified atom stereocenters. The van der Waals surface area contributed by atoms with Crippen molar-refractivity contribution in [3.8, 4) is 17.2 Å². The molecular formula is C22H22FN7. The summed E-state index contributed by atoms with van der Waals surface area (Å²) < 4.78 is 13.8. The molecule has 0 atom stereocenters. The normalized spacial score (nSPS) is 14.1. The highest BCUT2D eigenvalue weighted by atomic mass is 19.1. The number of nitrogens with one attached hydrogen (secondary N) is 3. The van der Waals surface area contributed by atoms with Gasteiger partial charge >= 0.3 is 0 Å². The number of hydrogen-bond acceptors (Lipinski definition) is 7. The predicted molar refractivity (Wildman–Crippen MR) is 114 cm³/mol. The third-order valence-electron chi connectivity index (χ3n) is 5.10. The van der Waals surface area contributed by atoms with E-state index in [2.05, 4.69) is 30.9 Å². The van der Waals surface area contributed by atoms with Crippen LogP contribution in [0, 0.1) is 23.1 Å². The third kappa shape index (κ3) is 4.88. The molecule has 1 aromatic carbocycles. The molecule has 152 valence electrons. The van der Waals surface area contributed by atoms with Gasteiger partial charge in [-0.3, -0.25) is 0 Å². The molecule has 8 heteroatoms. The molecule has 1 saturated heterocycles. The minimum Gasteiger partial charge on any atom is -0.384 e. The van der Waals surface area contributed by atoms with E-state index in [1.54, 1.807) is 12.3 Å². The number of benzene rings is 1. The number of piperidine rings is 1. The van der Waals surface area contributed by atoms with Crippen molar-refractivity contribution < 1.29 is 4.39 Å². The second kappa shape index (κ2) is 9.29. The molecule has 3 aromatic rings. The molecule has 0 spiro atoms. The van der Waals surface area contributed by atoms with Crippen LogP contribution in [0.3, 0.4) is 0 Å². The largest absolute Gasteiger partial charge is 0.384 e. The summed E-state index contributed by atoms with van der Waals surface area (Å²) in [5.74, 6) is 1.37. The molecule has 30 heavy (non-hydrogen) atoms. The number of hydrogen-bond donors (Lipinski definition) is 3. The molecule has 1 aliphatic rings. The molecule has 1 fully saturated rings. The fourth-order valence-corrected chi connectivity index (χ4v) is 3.48. The van der Waals surface area contributed by atoms with Crippen LogP contribution in [0.15, 0.2) is 48.9 Å². The maximum absolute atomic E-state index is 13.8. The predicted octanol–water partition coefficient (Wildman–Crippen LogP) is 3.70. The summed E-state index contributed by atoms with van der Waals surface area (Å²) in [4.78, 5) is 12.6. The number of anilines is 3. The van der Waals surface area contributed by atoms with Gasteiger partial charge in [-0.1, -0.05) is 12.1 Å². The van der Waals surface area contributed by atoms with Crippen LogP contribution in [-0.4, -0.2) is 34.6 Å². The first-order chi connectivity index (χ1) is 14.7. The van der Waals surface area contributed by atoms with Gasteiger partial charge in [0.1, 0.15) is 23.5 Å². The van der Waals surface area contributed by atoms with E-state index in [1.165, 1.54) is 24.5 Å². The summed E-state index contributed by atoms with van der Waals surface area (Å²) in [7, 11) is 0. The van der Waals surface area contributed by atoms with Crippen LogP contribution >= 0.6 is 0 Å². The molecule has 2 aromatic heterocycles. The van der Waals surface area contributed by atoms with Crippen LogP contribution in [0.5, 0.6) is 0 Å². The molecule has 1 aliphatic heterocycles. The van der Waals surface area contributed by atoms with E-state index < -0.39 is 0 Å². The highest BCUT2D eigenvalue weighted by molar-refractivity contribution is 5.79. The Labute approximate surface area is 174 Å². The molecule has 0 radical (unpaired) electrons. The van der Waals surface area contributed by atoms with Crippen molar-refractivity contribution in [1.29, 1.82) is 5.26 Å². The lowest BCUT2D eigenvalue weighted by molar-refractivity contribution is 0.390. The van der Waals surface area contributed by atoms with Gasteiger partial charge in [-0.25, -0.2) is 19.3 Å². The zero-order chi connectivity index (χ0) is 20.8. The van der Waals surface area contributed by atoms with Gasteiger partial charge in [0, 0.05) is 30.1 Å². The van der Waals surface area contributed by atoms with Gasteiger partial charge in [-0.2, -0.15) is 5.26 Å². The average molecular weight is 403 g/mol. The smallest absolute Gasteiger partial charge is 0.158 e. The van der Waals surface area contributed by atoms with Crippen LogP contribution in [-0.2, 0) is 0 Å². The molecular weight excluding hydrogens is 381 g/mol. The number of nitriles is 1.